The van der Waals surface area contributed by atoms with Crippen LogP contribution in [0.15, 0.2) is 0 Å². The van der Waals surface area contributed by atoms with Gasteiger partial charge in [0.15, 0.2) is 0 Å². The number of hydrogen-bond acceptors (Lipinski definition) is 2. The minimum Gasteiger partial charge on any atom is -0.379 e. The van der Waals surface area contributed by atoms with Gasteiger partial charge in [-0.25, -0.2) is 0 Å². The summed E-state index contributed by atoms with van der Waals surface area (Å²) in [5.41, 5.74) is 0. The zero-order valence-corrected chi connectivity index (χ0v) is 3.19. The molecule has 0 saturated carbocycles. The first-order chi connectivity index (χ1) is 4.83. The first-order valence-electron chi connectivity index (χ1n) is 4.27. The lowest BCUT2D eigenvalue weighted by Gasteiger charge is -2.10. The molecule has 0 aromatic heterocycles. The van der Waals surface area contributed by atoms with E-state index in [0.717, 1.165) is 0 Å². The zero-order chi connectivity index (χ0) is 8.70. The molecule has 0 aromatic rings. The molecule has 1 N–H and O–H groups in total. The Balaban J connectivity index is 2.67. The topological polar surface area (TPSA) is 21.3 Å². The molecule has 0 spiro atoms. The molecule has 0 aliphatic carbocycles. The Morgan fingerprint density at radius 1 is 1.67 bits per heavy atom. The van der Waals surface area contributed by atoms with E-state index in [9.17, 15) is 0 Å². The van der Waals surface area contributed by atoms with Crippen LogP contribution in [0.5, 0.6) is 0 Å². The molecule has 1 heterocycles. The van der Waals surface area contributed by atoms with Crippen LogP contribution in [0.1, 0.15) is 6.85 Å². The van der Waals surface area contributed by atoms with Crippen LogP contribution in [0.4, 0.5) is 0 Å². The zero-order valence-electron chi connectivity index (χ0n) is 8.19. The molecule has 1 saturated heterocycles. The normalized spacial score (nSPS) is 65.3. The monoisotopic (exact) mass is 92.1 g/mol. The summed E-state index contributed by atoms with van der Waals surface area (Å²) in [6.07, 6.45) is 0. The summed E-state index contributed by atoms with van der Waals surface area (Å²) >= 11 is 0. The molecule has 0 aromatic carbocycles. The lowest BCUT2D eigenvalue weighted by Crippen LogP contribution is -2.30. The van der Waals surface area contributed by atoms with E-state index in [-0.39, 0.29) is 6.54 Å². The Morgan fingerprint density at radius 3 is 3.33 bits per heavy atom. The largest absolute Gasteiger partial charge is 0.379 e. The third-order valence-electron chi connectivity index (χ3n) is 0.466. The molecule has 1 unspecified atom stereocenters. The number of morpholine rings is 1. The lowest BCUT2D eigenvalue weighted by molar-refractivity contribution is 0.109. The number of nitrogens with one attached hydrogen (secondary N) is 1. The van der Waals surface area contributed by atoms with Gasteiger partial charge in [-0.2, -0.15) is 0 Å². The maximum absolute atomic E-state index is 7.07. The van der Waals surface area contributed by atoms with E-state index in [1.807, 2.05) is 0 Å². The van der Waals surface area contributed by atoms with Crippen molar-refractivity contribution in [3.63, 3.8) is 0 Å². The van der Waals surface area contributed by atoms with Crippen molar-refractivity contribution in [2.45, 2.75) is 0 Å². The smallest absolute Gasteiger partial charge is 0.0591 e. The van der Waals surface area contributed by atoms with E-state index >= 15 is 0 Å². The highest BCUT2D eigenvalue weighted by atomic mass is 16.5. The predicted octanol–water partition coefficient (Wildman–Crippen LogP) is -0.394. The molecule has 0 bridgehead atoms. The van der Waals surface area contributed by atoms with Crippen LogP contribution in [0.3, 0.4) is 0 Å². The quantitative estimate of drug-likeness (QED) is 0.439. The standard InChI is InChI=1S/C4H9NO/c1-3-6-4-2-5-1/h5H,1-4H2/i1D,3D2,4D2. The molecule has 36 valence electrons. The molecule has 1 rings (SSSR count). The van der Waals surface area contributed by atoms with Gasteiger partial charge in [-0.05, 0) is 0 Å². The van der Waals surface area contributed by atoms with Crippen molar-refractivity contribution < 1.29 is 11.6 Å². The summed E-state index contributed by atoms with van der Waals surface area (Å²) in [5, 5.41) is 2.35. The highest BCUT2D eigenvalue weighted by Crippen LogP contribution is 1.76. The van der Waals surface area contributed by atoms with Gasteiger partial charge in [-0.1, -0.05) is 0 Å². The average molecular weight is 92.2 g/mol. The second-order valence-electron chi connectivity index (χ2n) is 0.889. The second kappa shape index (κ2) is 2.16. The molecule has 1 aliphatic rings. The van der Waals surface area contributed by atoms with Crippen LogP contribution < -0.4 is 5.32 Å². The van der Waals surface area contributed by atoms with E-state index in [2.05, 4.69) is 10.1 Å². The molecule has 0 amide bonds. The van der Waals surface area contributed by atoms with Crippen molar-refractivity contribution in [3.05, 3.63) is 0 Å². The average Bonchev–Trinajstić information content (AvgIpc) is 1.77. The summed E-state index contributed by atoms with van der Waals surface area (Å²) in [7, 11) is 0. The third-order valence-corrected chi connectivity index (χ3v) is 0.466. The minimum absolute atomic E-state index is 0.152. The van der Waals surface area contributed by atoms with Gasteiger partial charge in [-0.15, -0.1) is 0 Å². The van der Waals surface area contributed by atoms with Crippen LogP contribution in [0.2, 0.25) is 0 Å². The van der Waals surface area contributed by atoms with Gasteiger partial charge in [0, 0.05) is 14.4 Å². The maximum Gasteiger partial charge on any atom is 0.0591 e. The van der Waals surface area contributed by atoms with Crippen molar-refractivity contribution in [3.8, 4) is 0 Å². The maximum atomic E-state index is 7.07. The van der Waals surface area contributed by atoms with E-state index in [1.54, 1.807) is 0 Å². The Hall–Kier alpha value is -0.0800. The van der Waals surface area contributed by atoms with E-state index in [4.69, 9.17) is 6.85 Å². The SMILES string of the molecule is [2H]C1NCC([2H])([2H])OC1([2H])[2H]. The van der Waals surface area contributed by atoms with E-state index in [0.29, 0.717) is 0 Å². The summed E-state index contributed by atoms with van der Waals surface area (Å²) in [6, 6.07) is 0. The van der Waals surface area contributed by atoms with Gasteiger partial charge < -0.3 is 10.1 Å². The van der Waals surface area contributed by atoms with Gasteiger partial charge >= 0.3 is 0 Å². The van der Waals surface area contributed by atoms with Gasteiger partial charge in [0.25, 0.3) is 0 Å². The van der Waals surface area contributed by atoms with Crippen LogP contribution >= 0.6 is 0 Å². The number of hydrogen-bond donors (Lipinski definition) is 1. The molecule has 0 radical (unpaired) electrons. The highest BCUT2D eigenvalue weighted by Gasteiger charge is 1.92. The molecule has 6 heavy (non-hydrogen) atoms. The minimum atomic E-state index is -2.25. The molecular weight excluding hydrogens is 78.0 g/mol. The Morgan fingerprint density at radius 2 is 2.67 bits per heavy atom. The van der Waals surface area contributed by atoms with Crippen molar-refractivity contribution in [1.29, 1.82) is 0 Å². The highest BCUT2D eigenvalue weighted by molar-refractivity contribution is 4.49. The fourth-order valence-electron chi connectivity index (χ4n) is 0.242. The van der Waals surface area contributed by atoms with Crippen LogP contribution in [0, 0.1) is 0 Å². The van der Waals surface area contributed by atoms with Gasteiger partial charge in [0.05, 0.1) is 18.6 Å². The molecule has 2 nitrogen and oxygen atoms in total. The fourth-order valence-corrected chi connectivity index (χ4v) is 0.242. The number of ether oxygens (including phenoxy) is 1. The molecular formula is C4H9NO. The van der Waals surface area contributed by atoms with Crippen LogP contribution in [-0.4, -0.2) is 26.2 Å². The van der Waals surface area contributed by atoms with Gasteiger partial charge in [-0.3, -0.25) is 0 Å². The van der Waals surface area contributed by atoms with Gasteiger partial charge in [0.1, 0.15) is 0 Å². The summed E-state index contributed by atoms with van der Waals surface area (Å²) < 4.78 is 39.6. The summed E-state index contributed by atoms with van der Waals surface area (Å²) in [6.45, 7) is -5.63. The van der Waals surface area contributed by atoms with Crippen molar-refractivity contribution in [1.82, 2.24) is 5.32 Å². The Bertz CT molecular complexity index is 161. The molecule has 1 fully saturated rings. The van der Waals surface area contributed by atoms with E-state index in [1.165, 1.54) is 0 Å². The number of rotatable bonds is 0. The summed E-state index contributed by atoms with van der Waals surface area (Å²) in [5.74, 6) is 0. The lowest BCUT2D eigenvalue weighted by atomic mass is 10.5. The van der Waals surface area contributed by atoms with E-state index < -0.39 is 19.6 Å². The Labute approximate surface area is 44.5 Å². The third kappa shape index (κ3) is 0.954. The van der Waals surface area contributed by atoms with Crippen LogP contribution in [-0.2, 0) is 4.74 Å². The second-order valence-corrected chi connectivity index (χ2v) is 0.889. The van der Waals surface area contributed by atoms with Crippen LogP contribution in [0.25, 0.3) is 0 Å². The fraction of sp³-hybridized carbons (Fsp3) is 1.00. The Kier molecular flexibility index (Phi) is 0.432. The molecule has 1 aliphatic heterocycles. The summed E-state index contributed by atoms with van der Waals surface area (Å²) in [4.78, 5) is 0. The van der Waals surface area contributed by atoms with Crippen molar-refractivity contribution in [2.24, 2.45) is 0 Å². The molecule has 2 heteroatoms. The van der Waals surface area contributed by atoms with Crippen molar-refractivity contribution in [2.75, 3.05) is 26.2 Å². The van der Waals surface area contributed by atoms with Gasteiger partial charge in [0.2, 0.25) is 0 Å². The first kappa shape index (κ1) is 1.20. The molecule has 1 atom stereocenters. The first-order valence-corrected chi connectivity index (χ1v) is 1.69. The van der Waals surface area contributed by atoms with Crippen molar-refractivity contribution >= 4 is 0 Å². The predicted molar refractivity (Wildman–Crippen MR) is 23.7 cm³/mol.